The van der Waals surface area contributed by atoms with E-state index in [1.807, 2.05) is 0 Å². The zero-order valence-electron chi connectivity index (χ0n) is 18.5. The summed E-state index contributed by atoms with van der Waals surface area (Å²) in [6, 6.07) is 0. The first kappa shape index (κ1) is 28.2. The molecule has 0 aliphatic carbocycles. The molecule has 174 valence electrons. The molecule has 0 rings (SSSR count). The van der Waals surface area contributed by atoms with Crippen LogP contribution in [0.15, 0.2) is 0 Å². The molecule has 0 heterocycles. The minimum absolute atomic E-state index is 0.0325. The minimum atomic E-state index is -0.920. The van der Waals surface area contributed by atoms with Gasteiger partial charge >= 0.3 is 5.97 Å². The molecule has 0 aromatic heterocycles. The average Bonchev–Trinajstić information content (AvgIpc) is 2.73. The Morgan fingerprint density at radius 1 is 0.828 bits per heavy atom. The second-order valence-electron chi connectivity index (χ2n) is 7.50. The number of ether oxygens (including phenoxy) is 1. The fourth-order valence-corrected chi connectivity index (χ4v) is 3.27. The number of nitrogens with one attached hydrogen (secondary N) is 3. The van der Waals surface area contributed by atoms with Crippen LogP contribution in [0.3, 0.4) is 0 Å². The van der Waals surface area contributed by atoms with Crippen LogP contribution in [0.25, 0.3) is 0 Å². The number of esters is 1. The molecule has 0 fully saturated rings. The molecule has 0 saturated heterocycles. The van der Waals surface area contributed by atoms with E-state index in [1.165, 1.54) is 51.4 Å². The van der Waals surface area contributed by atoms with Crippen molar-refractivity contribution in [1.29, 1.82) is 0 Å². The lowest BCUT2D eigenvalue weighted by Gasteiger charge is -2.36. The third-order valence-electron chi connectivity index (χ3n) is 4.82. The molecular weight excluding hydrogens is 372 g/mol. The molecule has 8 heteroatoms. The number of rotatable bonds is 22. The van der Waals surface area contributed by atoms with Crippen molar-refractivity contribution in [3.8, 4) is 0 Å². The number of aliphatic hydroxyl groups excluding tert-OH is 2. The van der Waals surface area contributed by atoms with Gasteiger partial charge in [-0.1, -0.05) is 64.7 Å². The van der Waals surface area contributed by atoms with Gasteiger partial charge in [0.25, 0.3) is 0 Å². The standard InChI is InChI=1S/C21H46N4O4/c1-2-3-4-5-6-7-8-9-10-11-13-23-21(24-14-16-26,25-15-17-27)19-20(28)29-18-12-22/h23-27H,2-19,22H2,1H3. The van der Waals surface area contributed by atoms with Crippen molar-refractivity contribution < 1.29 is 19.7 Å². The van der Waals surface area contributed by atoms with Gasteiger partial charge in [0.1, 0.15) is 12.4 Å². The molecule has 0 aliphatic rings. The van der Waals surface area contributed by atoms with E-state index in [9.17, 15) is 15.0 Å². The third kappa shape index (κ3) is 16.7. The Kier molecular flexibility index (Phi) is 20.0. The highest BCUT2D eigenvalue weighted by Gasteiger charge is 2.31. The maximum Gasteiger partial charge on any atom is 0.310 e. The van der Waals surface area contributed by atoms with Crippen molar-refractivity contribution >= 4 is 5.97 Å². The number of carbonyl (C=O) groups excluding carboxylic acids is 1. The fraction of sp³-hybridized carbons (Fsp3) is 0.952. The predicted molar refractivity (Wildman–Crippen MR) is 117 cm³/mol. The van der Waals surface area contributed by atoms with Gasteiger partial charge in [-0.2, -0.15) is 0 Å². The molecular formula is C21H46N4O4. The average molecular weight is 419 g/mol. The van der Waals surface area contributed by atoms with Gasteiger partial charge in [-0.05, 0) is 13.0 Å². The van der Waals surface area contributed by atoms with Gasteiger partial charge in [0.05, 0.1) is 19.6 Å². The van der Waals surface area contributed by atoms with Gasteiger partial charge in [-0.15, -0.1) is 0 Å². The van der Waals surface area contributed by atoms with Gasteiger partial charge in [-0.25, -0.2) is 0 Å². The lowest BCUT2D eigenvalue weighted by atomic mass is 10.1. The Morgan fingerprint density at radius 3 is 1.79 bits per heavy atom. The van der Waals surface area contributed by atoms with Crippen molar-refractivity contribution in [1.82, 2.24) is 16.0 Å². The molecule has 0 aromatic rings. The summed E-state index contributed by atoms with van der Waals surface area (Å²) in [6.07, 6.45) is 12.7. The molecule has 0 unspecified atom stereocenters. The van der Waals surface area contributed by atoms with Crippen LogP contribution in [0, 0.1) is 0 Å². The number of hydrogen-bond donors (Lipinski definition) is 6. The molecule has 29 heavy (non-hydrogen) atoms. The van der Waals surface area contributed by atoms with Gasteiger partial charge in [0.15, 0.2) is 0 Å². The zero-order chi connectivity index (χ0) is 21.6. The van der Waals surface area contributed by atoms with Crippen molar-refractivity contribution in [3.05, 3.63) is 0 Å². The summed E-state index contributed by atoms with van der Waals surface area (Å²) in [5.41, 5.74) is 5.39. The summed E-state index contributed by atoms with van der Waals surface area (Å²) in [5.74, 6) is -1.31. The van der Waals surface area contributed by atoms with Crippen LogP contribution in [-0.2, 0) is 9.53 Å². The van der Waals surface area contributed by atoms with Crippen LogP contribution in [0.1, 0.15) is 77.6 Å². The van der Waals surface area contributed by atoms with Gasteiger partial charge < -0.3 is 20.7 Å². The highest BCUT2D eigenvalue weighted by molar-refractivity contribution is 5.70. The predicted octanol–water partition coefficient (Wildman–Crippen LogP) is 1.21. The van der Waals surface area contributed by atoms with Crippen LogP contribution in [-0.4, -0.2) is 68.0 Å². The molecule has 8 nitrogen and oxygen atoms in total. The molecule has 0 aromatic carbocycles. The van der Waals surface area contributed by atoms with Crippen LogP contribution >= 0.6 is 0 Å². The van der Waals surface area contributed by atoms with E-state index in [0.717, 1.165) is 19.4 Å². The van der Waals surface area contributed by atoms with Crippen molar-refractivity contribution in [3.63, 3.8) is 0 Å². The first-order chi connectivity index (χ1) is 14.1. The number of aliphatic hydroxyl groups is 2. The minimum Gasteiger partial charge on any atom is -0.464 e. The fourth-order valence-electron chi connectivity index (χ4n) is 3.27. The van der Waals surface area contributed by atoms with Crippen molar-refractivity contribution in [2.24, 2.45) is 5.73 Å². The van der Waals surface area contributed by atoms with Crippen LogP contribution < -0.4 is 21.7 Å². The first-order valence-corrected chi connectivity index (χ1v) is 11.5. The smallest absolute Gasteiger partial charge is 0.310 e. The molecule has 0 amide bonds. The van der Waals surface area contributed by atoms with E-state index < -0.39 is 5.79 Å². The van der Waals surface area contributed by atoms with Gasteiger partial charge in [0, 0.05) is 19.6 Å². The summed E-state index contributed by atoms with van der Waals surface area (Å²) < 4.78 is 5.10. The molecule has 0 saturated carbocycles. The Bertz CT molecular complexity index is 365. The SMILES string of the molecule is CCCCCCCCCCCCNC(CC(=O)OCCN)(NCCO)NCCO. The molecule has 0 atom stereocenters. The molecule has 0 bridgehead atoms. The Morgan fingerprint density at radius 2 is 1.31 bits per heavy atom. The Labute approximate surface area is 177 Å². The summed E-state index contributed by atoms with van der Waals surface area (Å²) in [4.78, 5) is 12.1. The lowest BCUT2D eigenvalue weighted by Crippen LogP contribution is -2.68. The van der Waals surface area contributed by atoms with Crippen LogP contribution in [0.2, 0.25) is 0 Å². The lowest BCUT2D eigenvalue weighted by molar-refractivity contribution is -0.146. The van der Waals surface area contributed by atoms with Crippen LogP contribution in [0.4, 0.5) is 0 Å². The van der Waals surface area contributed by atoms with E-state index >= 15 is 0 Å². The highest BCUT2D eigenvalue weighted by atomic mass is 16.5. The number of unbranched alkanes of at least 4 members (excludes halogenated alkanes) is 9. The first-order valence-electron chi connectivity index (χ1n) is 11.5. The van der Waals surface area contributed by atoms with Crippen molar-refractivity contribution in [2.75, 3.05) is 46.0 Å². The quantitative estimate of drug-likeness (QED) is 0.0879. The number of carbonyl (C=O) groups is 1. The molecule has 0 aliphatic heterocycles. The summed E-state index contributed by atoms with van der Waals surface area (Å²) in [7, 11) is 0. The van der Waals surface area contributed by atoms with Gasteiger partial charge in [0.2, 0.25) is 0 Å². The normalized spacial score (nSPS) is 11.7. The number of nitrogens with two attached hydrogens (primary N) is 1. The second-order valence-corrected chi connectivity index (χ2v) is 7.50. The Hall–Kier alpha value is -0.770. The maximum absolute atomic E-state index is 12.1. The molecule has 7 N–H and O–H groups in total. The van der Waals surface area contributed by atoms with E-state index in [4.69, 9.17) is 10.5 Å². The third-order valence-corrected chi connectivity index (χ3v) is 4.82. The molecule has 0 spiro atoms. The van der Waals surface area contributed by atoms with Gasteiger partial charge in [-0.3, -0.25) is 20.7 Å². The van der Waals surface area contributed by atoms with Crippen molar-refractivity contribution in [2.45, 2.75) is 83.3 Å². The topological polar surface area (TPSA) is 129 Å². The van der Waals surface area contributed by atoms with E-state index in [1.54, 1.807) is 0 Å². The molecule has 0 radical (unpaired) electrons. The largest absolute Gasteiger partial charge is 0.464 e. The number of hydrogen-bond acceptors (Lipinski definition) is 8. The maximum atomic E-state index is 12.1. The van der Waals surface area contributed by atoms with E-state index in [0.29, 0.717) is 13.1 Å². The Balaban J connectivity index is 4.27. The van der Waals surface area contributed by atoms with E-state index in [2.05, 4.69) is 22.9 Å². The van der Waals surface area contributed by atoms with Crippen LogP contribution in [0.5, 0.6) is 0 Å². The summed E-state index contributed by atoms with van der Waals surface area (Å²) in [6.45, 7) is 3.93. The monoisotopic (exact) mass is 418 g/mol. The highest BCUT2D eigenvalue weighted by Crippen LogP contribution is 2.11. The summed E-state index contributed by atoms with van der Waals surface area (Å²) >= 11 is 0. The second kappa shape index (κ2) is 20.5. The van der Waals surface area contributed by atoms with E-state index in [-0.39, 0.29) is 38.8 Å². The zero-order valence-corrected chi connectivity index (χ0v) is 18.5. The summed E-state index contributed by atoms with van der Waals surface area (Å²) in [5, 5.41) is 28.0.